The Morgan fingerprint density at radius 2 is 1.69 bits per heavy atom. The van der Waals surface area contributed by atoms with E-state index in [0.717, 1.165) is 16.5 Å². The first-order valence-electron chi connectivity index (χ1n) is 11.7. The fourth-order valence-corrected chi connectivity index (χ4v) is 6.34. The molecule has 182 valence electrons. The summed E-state index contributed by atoms with van der Waals surface area (Å²) in [4.78, 5) is 27.7. The maximum Gasteiger partial charge on any atom is 0.243 e. The van der Waals surface area contributed by atoms with Crippen LogP contribution in [0.1, 0.15) is 12.0 Å². The number of anilines is 1. The smallest absolute Gasteiger partial charge is 0.243 e. The molecule has 0 aliphatic carbocycles. The van der Waals surface area contributed by atoms with Gasteiger partial charge < -0.3 is 15.0 Å². The van der Waals surface area contributed by atoms with Crippen molar-refractivity contribution in [3.05, 3.63) is 72.3 Å². The number of morpholine rings is 1. The second-order valence-corrected chi connectivity index (χ2v) is 10.7. The monoisotopic (exact) mass is 493 g/mol. The van der Waals surface area contributed by atoms with Gasteiger partial charge in [-0.3, -0.25) is 9.59 Å². The van der Waals surface area contributed by atoms with Crippen LogP contribution in [0.15, 0.2) is 71.6 Å². The van der Waals surface area contributed by atoms with Gasteiger partial charge in [0.2, 0.25) is 21.8 Å². The van der Waals surface area contributed by atoms with Crippen molar-refractivity contribution >= 4 is 38.3 Å². The van der Waals surface area contributed by atoms with E-state index in [1.807, 2.05) is 42.5 Å². The molecule has 0 spiro atoms. The zero-order valence-corrected chi connectivity index (χ0v) is 20.0. The van der Waals surface area contributed by atoms with Crippen LogP contribution in [-0.2, 0) is 30.9 Å². The van der Waals surface area contributed by atoms with Crippen LogP contribution >= 0.6 is 0 Å². The lowest BCUT2D eigenvalue weighted by molar-refractivity contribution is -0.126. The summed E-state index contributed by atoms with van der Waals surface area (Å²) in [6.45, 7) is 1.68. The van der Waals surface area contributed by atoms with E-state index in [-0.39, 0.29) is 36.2 Å². The normalized spacial score (nSPS) is 19.3. The lowest BCUT2D eigenvalue weighted by Crippen LogP contribution is -2.41. The van der Waals surface area contributed by atoms with E-state index in [1.54, 1.807) is 29.2 Å². The van der Waals surface area contributed by atoms with Crippen LogP contribution < -0.4 is 10.2 Å². The molecule has 0 aromatic heterocycles. The number of nitrogens with zero attached hydrogens (tertiary/aromatic N) is 2. The van der Waals surface area contributed by atoms with Crippen LogP contribution in [0.2, 0.25) is 0 Å². The molecule has 2 saturated heterocycles. The van der Waals surface area contributed by atoms with Crippen molar-refractivity contribution in [2.24, 2.45) is 5.92 Å². The summed E-state index contributed by atoms with van der Waals surface area (Å²) in [6, 6.07) is 20.3. The van der Waals surface area contributed by atoms with Crippen molar-refractivity contribution in [3.8, 4) is 0 Å². The van der Waals surface area contributed by atoms with Gasteiger partial charge in [0, 0.05) is 38.0 Å². The minimum absolute atomic E-state index is 0.0670. The number of hydrogen-bond donors (Lipinski definition) is 1. The summed E-state index contributed by atoms with van der Waals surface area (Å²) in [5.74, 6) is -0.874. The first kappa shape index (κ1) is 23.5. The Bertz CT molecular complexity index is 1360. The molecule has 0 bridgehead atoms. The third kappa shape index (κ3) is 4.67. The Balaban J connectivity index is 1.29. The highest BCUT2D eigenvalue weighted by atomic mass is 32.2. The number of benzene rings is 3. The van der Waals surface area contributed by atoms with Gasteiger partial charge in [-0.1, -0.05) is 54.6 Å². The van der Waals surface area contributed by atoms with Crippen molar-refractivity contribution < 1.29 is 22.7 Å². The highest BCUT2D eigenvalue weighted by molar-refractivity contribution is 7.89. The number of ether oxygens (including phenoxy) is 1. The van der Waals surface area contributed by atoms with E-state index in [1.165, 1.54) is 4.31 Å². The molecule has 1 unspecified atom stereocenters. The first-order chi connectivity index (χ1) is 16.9. The van der Waals surface area contributed by atoms with Gasteiger partial charge >= 0.3 is 0 Å². The third-order valence-corrected chi connectivity index (χ3v) is 8.57. The van der Waals surface area contributed by atoms with E-state index in [2.05, 4.69) is 5.32 Å². The zero-order valence-electron chi connectivity index (χ0n) is 19.2. The summed E-state index contributed by atoms with van der Waals surface area (Å²) < 4.78 is 33.0. The second kappa shape index (κ2) is 9.77. The summed E-state index contributed by atoms with van der Waals surface area (Å²) in [5.41, 5.74) is 1.31. The third-order valence-electron chi connectivity index (χ3n) is 6.57. The molecule has 9 heteroatoms. The topological polar surface area (TPSA) is 96.0 Å². The van der Waals surface area contributed by atoms with Crippen LogP contribution in [0.5, 0.6) is 0 Å². The number of carbonyl (C=O) groups excluding carboxylic acids is 2. The van der Waals surface area contributed by atoms with E-state index >= 15 is 0 Å². The highest BCUT2D eigenvalue weighted by Crippen LogP contribution is 2.32. The molecule has 1 atom stereocenters. The molecule has 3 aromatic rings. The Kier molecular flexibility index (Phi) is 6.55. The van der Waals surface area contributed by atoms with E-state index in [4.69, 9.17) is 4.74 Å². The Labute approximate surface area is 204 Å². The lowest BCUT2D eigenvalue weighted by atomic mass is 10.1. The SMILES string of the molecule is O=C(NCc1ccccc1S(=O)(=O)N1CCOCC1)C1CC(=O)N(c2cccc3ccccc23)C1. The molecular formula is C26H27N3O5S. The summed E-state index contributed by atoms with van der Waals surface area (Å²) in [5, 5.41) is 4.86. The molecule has 2 fully saturated rings. The predicted molar refractivity (Wildman–Crippen MR) is 132 cm³/mol. The van der Waals surface area contributed by atoms with Crippen molar-refractivity contribution in [1.29, 1.82) is 0 Å². The number of fused-ring (bicyclic) bond motifs is 1. The average Bonchev–Trinajstić information content (AvgIpc) is 3.29. The fraction of sp³-hybridized carbons (Fsp3) is 0.308. The lowest BCUT2D eigenvalue weighted by Gasteiger charge is -2.27. The number of carbonyl (C=O) groups is 2. The van der Waals surface area contributed by atoms with Gasteiger partial charge in [-0.15, -0.1) is 0 Å². The highest BCUT2D eigenvalue weighted by Gasteiger charge is 2.36. The molecule has 8 nitrogen and oxygen atoms in total. The quantitative estimate of drug-likeness (QED) is 0.569. The Hall–Kier alpha value is -3.27. The van der Waals surface area contributed by atoms with E-state index in [9.17, 15) is 18.0 Å². The second-order valence-electron chi connectivity index (χ2n) is 8.75. The van der Waals surface area contributed by atoms with Gasteiger partial charge in [-0.05, 0) is 23.1 Å². The molecule has 2 aliphatic rings. The fourth-order valence-electron chi connectivity index (χ4n) is 4.71. The van der Waals surface area contributed by atoms with Crippen molar-refractivity contribution in [1.82, 2.24) is 9.62 Å². The molecule has 3 aromatic carbocycles. The van der Waals surface area contributed by atoms with Crippen LogP contribution in [0, 0.1) is 5.92 Å². The minimum atomic E-state index is -3.69. The summed E-state index contributed by atoms with van der Waals surface area (Å²) >= 11 is 0. The van der Waals surface area contributed by atoms with Crippen LogP contribution in [0.25, 0.3) is 10.8 Å². The van der Waals surface area contributed by atoms with Crippen molar-refractivity contribution in [2.45, 2.75) is 17.9 Å². The van der Waals surface area contributed by atoms with Crippen LogP contribution in [-0.4, -0.2) is 57.4 Å². The largest absolute Gasteiger partial charge is 0.379 e. The number of hydrogen-bond acceptors (Lipinski definition) is 5. The number of amides is 2. The Morgan fingerprint density at radius 1 is 0.971 bits per heavy atom. The zero-order chi connectivity index (χ0) is 24.4. The predicted octanol–water partition coefficient (Wildman–Crippen LogP) is 2.53. The van der Waals surface area contributed by atoms with Gasteiger partial charge in [0.1, 0.15) is 0 Å². The molecule has 35 heavy (non-hydrogen) atoms. The standard InChI is InChI=1S/C26H27N3O5S/c30-25-16-21(18-29(25)23-10-5-8-19-6-1-3-9-22(19)23)26(31)27-17-20-7-2-4-11-24(20)35(32,33)28-12-14-34-15-13-28/h1-11,21H,12-18H2,(H,27,31). The maximum atomic E-state index is 13.2. The summed E-state index contributed by atoms with van der Waals surface area (Å²) in [7, 11) is -3.69. The van der Waals surface area contributed by atoms with Crippen molar-refractivity contribution in [2.75, 3.05) is 37.7 Å². The molecule has 1 N–H and O–H groups in total. The number of rotatable bonds is 6. The minimum Gasteiger partial charge on any atom is -0.379 e. The van der Waals surface area contributed by atoms with Gasteiger partial charge in [0.15, 0.2) is 0 Å². The Morgan fingerprint density at radius 3 is 2.51 bits per heavy atom. The molecule has 2 amide bonds. The van der Waals surface area contributed by atoms with E-state index in [0.29, 0.717) is 31.9 Å². The van der Waals surface area contributed by atoms with Gasteiger partial charge in [-0.25, -0.2) is 8.42 Å². The van der Waals surface area contributed by atoms with Gasteiger partial charge in [-0.2, -0.15) is 4.31 Å². The van der Waals surface area contributed by atoms with Crippen LogP contribution in [0.4, 0.5) is 5.69 Å². The number of nitrogens with one attached hydrogen (secondary N) is 1. The van der Waals surface area contributed by atoms with Crippen LogP contribution in [0.3, 0.4) is 0 Å². The van der Waals surface area contributed by atoms with Gasteiger partial charge in [0.05, 0.1) is 29.7 Å². The molecule has 5 rings (SSSR count). The molecule has 2 aliphatic heterocycles. The molecule has 2 heterocycles. The number of sulfonamides is 1. The summed E-state index contributed by atoms with van der Waals surface area (Å²) in [6.07, 6.45) is 0.114. The average molecular weight is 494 g/mol. The van der Waals surface area contributed by atoms with Crippen molar-refractivity contribution in [3.63, 3.8) is 0 Å². The molecular weight excluding hydrogens is 466 g/mol. The first-order valence-corrected chi connectivity index (χ1v) is 13.1. The van der Waals surface area contributed by atoms with E-state index < -0.39 is 15.9 Å². The maximum absolute atomic E-state index is 13.2. The molecule has 0 saturated carbocycles. The molecule has 0 radical (unpaired) electrons. The van der Waals surface area contributed by atoms with Gasteiger partial charge in [0.25, 0.3) is 0 Å².